The van der Waals surface area contributed by atoms with E-state index >= 15 is 0 Å². The molecule has 1 aliphatic rings. The van der Waals surface area contributed by atoms with Gasteiger partial charge in [-0.2, -0.15) is 0 Å². The molecule has 1 N–H and O–H groups in total. The van der Waals surface area contributed by atoms with Gasteiger partial charge in [-0.05, 0) is 31.2 Å². The van der Waals surface area contributed by atoms with E-state index in [1.807, 2.05) is 0 Å². The lowest BCUT2D eigenvalue weighted by atomic mass is 9.80. The first-order valence-electron chi connectivity index (χ1n) is 6.50. The summed E-state index contributed by atoms with van der Waals surface area (Å²) >= 11 is 0. The van der Waals surface area contributed by atoms with Gasteiger partial charge in [0.1, 0.15) is 0 Å². The third-order valence-electron chi connectivity index (χ3n) is 3.82. The topological polar surface area (TPSA) is 21.3 Å². The molecule has 1 rings (SSSR count). The summed E-state index contributed by atoms with van der Waals surface area (Å²) < 4.78 is 5.20. The minimum absolute atomic E-state index is 0.545. The summed E-state index contributed by atoms with van der Waals surface area (Å²) in [5.41, 5.74) is 0. The maximum absolute atomic E-state index is 5.20. The van der Waals surface area contributed by atoms with Crippen molar-refractivity contribution in [1.29, 1.82) is 0 Å². The quantitative estimate of drug-likeness (QED) is 0.732. The van der Waals surface area contributed by atoms with Crippen LogP contribution in [0, 0.1) is 11.8 Å². The van der Waals surface area contributed by atoms with Crippen LogP contribution in [0.25, 0.3) is 0 Å². The molecule has 0 spiro atoms. The molecule has 0 aliphatic heterocycles. The molecule has 1 saturated carbocycles. The Kier molecular flexibility index (Phi) is 6.26. The van der Waals surface area contributed by atoms with E-state index in [0.717, 1.165) is 24.9 Å². The zero-order valence-corrected chi connectivity index (χ0v) is 10.6. The number of hydrogen-bond acceptors (Lipinski definition) is 2. The number of nitrogens with one attached hydrogen (secondary N) is 1. The second-order valence-electron chi connectivity index (χ2n) is 4.99. The van der Waals surface area contributed by atoms with Gasteiger partial charge >= 0.3 is 0 Å². The van der Waals surface area contributed by atoms with Gasteiger partial charge in [0.25, 0.3) is 0 Å². The van der Waals surface area contributed by atoms with Crippen LogP contribution in [0.15, 0.2) is 0 Å². The third kappa shape index (κ3) is 4.52. The summed E-state index contributed by atoms with van der Waals surface area (Å²) in [4.78, 5) is 0. The van der Waals surface area contributed by atoms with Crippen LogP contribution in [-0.2, 0) is 4.74 Å². The minimum Gasteiger partial charge on any atom is -0.383 e. The Hall–Kier alpha value is -0.0800. The molecule has 2 heteroatoms. The average molecular weight is 213 g/mol. The Morgan fingerprint density at radius 3 is 2.67 bits per heavy atom. The Bertz CT molecular complexity index is 161. The van der Waals surface area contributed by atoms with Gasteiger partial charge in [-0.1, -0.05) is 33.1 Å². The fraction of sp³-hybridized carbons (Fsp3) is 1.00. The van der Waals surface area contributed by atoms with Crippen molar-refractivity contribution in [1.82, 2.24) is 5.32 Å². The number of methoxy groups -OCH3 is 1. The summed E-state index contributed by atoms with van der Waals surface area (Å²) in [7, 11) is 1.79. The predicted molar refractivity (Wildman–Crippen MR) is 65.1 cm³/mol. The number of ether oxygens (including phenoxy) is 1. The molecule has 3 atom stereocenters. The lowest BCUT2D eigenvalue weighted by Gasteiger charge is -2.30. The SMILES string of the molecule is CCC(COC)NCC1CCCCC1C. The van der Waals surface area contributed by atoms with E-state index < -0.39 is 0 Å². The van der Waals surface area contributed by atoms with Crippen molar-refractivity contribution < 1.29 is 4.74 Å². The maximum Gasteiger partial charge on any atom is 0.0615 e. The normalized spacial score (nSPS) is 29.0. The molecule has 0 saturated heterocycles. The van der Waals surface area contributed by atoms with Crippen LogP contribution >= 0.6 is 0 Å². The van der Waals surface area contributed by atoms with Gasteiger partial charge in [0.05, 0.1) is 6.61 Å². The molecule has 0 aromatic heterocycles. The van der Waals surface area contributed by atoms with Crippen molar-refractivity contribution in [3.63, 3.8) is 0 Å². The van der Waals surface area contributed by atoms with E-state index in [1.165, 1.54) is 32.2 Å². The Balaban J connectivity index is 2.21. The van der Waals surface area contributed by atoms with Gasteiger partial charge in [0.2, 0.25) is 0 Å². The van der Waals surface area contributed by atoms with Crippen LogP contribution in [0.5, 0.6) is 0 Å². The van der Waals surface area contributed by atoms with Gasteiger partial charge in [-0.3, -0.25) is 0 Å². The Morgan fingerprint density at radius 1 is 1.33 bits per heavy atom. The second-order valence-corrected chi connectivity index (χ2v) is 4.99. The van der Waals surface area contributed by atoms with E-state index in [1.54, 1.807) is 7.11 Å². The van der Waals surface area contributed by atoms with E-state index in [2.05, 4.69) is 19.2 Å². The molecule has 1 aliphatic carbocycles. The Labute approximate surface area is 94.8 Å². The van der Waals surface area contributed by atoms with Gasteiger partial charge < -0.3 is 10.1 Å². The molecule has 2 nitrogen and oxygen atoms in total. The average Bonchev–Trinajstić information content (AvgIpc) is 2.26. The monoisotopic (exact) mass is 213 g/mol. The largest absolute Gasteiger partial charge is 0.383 e. The Morgan fingerprint density at radius 2 is 2.07 bits per heavy atom. The standard InChI is InChI=1S/C13H27NO/c1-4-13(10-15-3)14-9-12-8-6-5-7-11(12)2/h11-14H,4-10H2,1-3H3. The van der Waals surface area contributed by atoms with Crippen molar-refractivity contribution in [3.05, 3.63) is 0 Å². The summed E-state index contributed by atoms with van der Waals surface area (Å²) in [6, 6.07) is 0.545. The molecule has 0 aromatic carbocycles. The molecule has 3 unspecified atom stereocenters. The highest BCUT2D eigenvalue weighted by Gasteiger charge is 2.21. The molecule has 15 heavy (non-hydrogen) atoms. The molecular formula is C13H27NO. The smallest absolute Gasteiger partial charge is 0.0615 e. The number of hydrogen-bond donors (Lipinski definition) is 1. The lowest BCUT2D eigenvalue weighted by Crippen LogP contribution is -2.38. The maximum atomic E-state index is 5.20. The predicted octanol–water partition coefficient (Wildman–Crippen LogP) is 2.83. The van der Waals surface area contributed by atoms with Crippen LogP contribution < -0.4 is 5.32 Å². The second kappa shape index (κ2) is 7.24. The van der Waals surface area contributed by atoms with Gasteiger partial charge in [-0.25, -0.2) is 0 Å². The van der Waals surface area contributed by atoms with E-state index in [0.29, 0.717) is 6.04 Å². The van der Waals surface area contributed by atoms with Crippen molar-refractivity contribution in [2.45, 2.75) is 52.0 Å². The first-order chi connectivity index (χ1) is 7.27. The molecule has 1 fully saturated rings. The lowest BCUT2D eigenvalue weighted by molar-refractivity contribution is 0.154. The molecular weight excluding hydrogens is 186 g/mol. The van der Waals surface area contributed by atoms with E-state index in [-0.39, 0.29) is 0 Å². The highest BCUT2D eigenvalue weighted by atomic mass is 16.5. The van der Waals surface area contributed by atoms with Crippen molar-refractivity contribution in [2.75, 3.05) is 20.3 Å². The van der Waals surface area contributed by atoms with Crippen LogP contribution in [0.3, 0.4) is 0 Å². The van der Waals surface area contributed by atoms with Crippen molar-refractivity contribution >= 4 is 0 Å². The third-order valence-corrected chi connectivity index (χ3v) is 3.82. The zero-order valence-electron chi connectivity index (χ0n) is 10.6. The van der Waals surface area contributed by atoms with Crippen LogP contribution in [0.1, 0.15) is 46.0 Å². The van der Waals surface area contributed by atoms with Crippen LogP contribution in [-0.4, -0.2) is 26.3 Å². The van der Waals surface area contributed by atoms with E-state index in [4.69, 9.17) is 4.74 Å². The van der Waals surface area contributed by atoms with Crippen LogP contribution in [0.2, 0.25) is 0 Å². The highest BCUT2D eigenvalue weighted by Crippen LogP contribution is 2.28. The molecule has 0 aromatic rings. The van der Waals surface area contributed by atoms with Crippen molar-refractivity contribution in [3.8, 4) is 0 Å². The van der Waals surface area contributed by atoms with Crippen LogP contribution in [0.4, 0.5) is 0 Å². The van der Waals surface area contributed by atoms with Gasteiger partial charge in [0, 0.05) is 13.2 Å². The summed E-state index contributed by atoms with van der Waals surface area (Å²) in [6.07, 6.45) is 6.87. The van der Waals surface area contributed by atoms with Gasteiger partial charge in [0.15, 0.2) is 0 Å². The summed E-state index contributed by atoms with van der Waals surface area (Å²) in [5, 5.41) is 3.65. The molecule has 0 bridgehead atoms. The van der Waals surface area contributed by atoms with Crippen molar-refractivity contribution in [2.24, 2.45) is 11.8 Å². The molecule has 0 radical (unpaired) electrons. The summed E-state index contributed by atoms with van der Waals surface area (Å²) in [6.45, 7) is 6.66. The molecule has 90 valence electrons. The minimum atomic E-state index is 0.545. The zero-order chi connectivity index (χ0) is 11.1. The number of rotatable bonds is 6. The molecule has 0 heterocycles. The first kappa shape index (κ1) is 13.0. The van der Waals surface area contributed by atoms with E-state index in [9.17, 15) is 0 Å². The fourth-order valence-corrected chi connectivity index (χ4v) is 2.54. The van der Waals surface area contributed by atoms with Gasteiger partial charge in [-0.15, -0.1) is 0 Å². The fourth-order valence-electron chi connectivity index (χ4n) is 2.54. The first-order valence-corrected chi connectivity index (χ1v) is 6.50. The highest BCUT2D eigenvalue weighted by molar-refractivity contribution is 4.76. The molecule has 0 amide bonds. The summed E-state index contributed by atoms with van der Waals surface area (Å²) in [5.74, 6) is 1.80.